The predicted octanol–water partition coefficient (Wildman–Crippen LogP) is 7.94. The van der Waals surface area contributed by atoms with E-state index in [1.165, 1.54) is 11.1 Å². The van der Waals surface area contributed by atoms with Gasteiger partial charge in [0.15, 0.2) is 0 Å². The topological polar surface area (TPSA) is 64.1 Å². The number of nitrogens with two attached hydrogens (primary N) is 1. The van der Waals surface area contributed by atoms with E-state index in [1.54, 1.807) is 0 Å². The van der Waals surface area contributed by atoms with Crippen molar-refractivity contribution in [3.05, 3.63) is 133 Å². The van der Waals surface area contributed by atoms with Gasteiger partial charge in [-0.15, -0.1) is 0 Å². The van der Waals surface area contributed by atoms with Gasteiger partial charge in [-0.05, 0) is 87.1 Å². The largest absolute Gasteiger partial charge is 0.455 e. The first-order valence-electron chi connectivity index (χ1n) is 13.2. The molecule has 0 radical (unpaired) electrons. The van der Waals surface area contributed by atoms with Gasteiger partial charge in [0.25, 0.3) is 0 Å². The maximum absolute atomic E-state index is 6.50. The molecule has 0 bridgehead atoms. The summed E-state index contributed by atoms with van der Waals surface area (Å²) in [6.07, 6.45) is 9.97. The summed E-state index contributed by atoms with van der Waals surface area (Å²) in [5.74, 6) is 0. The Bertz CT molecular complexity index is 1860. The number of hydrogen-bond acceptors (Lipinski definition) is 4. The number of fused-ring (bicyclic) bond motifs is 3. The molecule has 0 amide bonds. The summed E-state index contributed by atoms with van der Waals surface area (Å²) < 4.78 is 6.50. The smallest absolute Gasteiger partial charge is 0.143 e. The molecule has 4 heteroatoms. The second-order valence-electron chi connectivity index (χ2n) is 9.79. The van der Waals surface area contributed by atoms with Crippen molar-refractivity contribution in [3.8, 4) is 33.4 Å². The van der Waals surface area contributed by atoms with Crippen LogP contribution >= 0.6 is 0 Å². The number of benzene rings is 4. The summed E-state index contributed by atoms with van der Waals surface area (Å²) in [5, 5.41) is 5.40. The number of pyridine rings is 1. The van der Waals surface area contributed by atoms with Gasteiger partial charge in [0.1, 0.15) is 11.2 Å². The number of nitrogens with zero attached hydrogens (tertiary/aromatic N) is 1. The Labute approximate surface area is 227 Å². The molecule has 0 fully saturated rings. The Morgan fingerprint density at radius 3 is 2.15 bits per heavy atom. The Morgan fingerprint density at radius 1 is 0.744 bits per heavy atom. The third-order valence-electron chi connectivity index (χ3n) is 7.48. The fraction of sp³-hybridized carbons (Fsp3) is 0.0571. The van der Waals surface area contributed by atoms with Gasteiger partial charge in [-0.1, -0.05) is 66.7 Å². The van der Waals surface area contributed by atoms with Crippen molar-refractivity contribution in [1.29, 1.82) is 0 Å². The monoisotopic (exact) mass is 505 g/mol. The van der Waals surface area contributed by atoms with Crippen molar-refractivity contribution in [2.24, 2.45) is 5.73 Å². The molecule has 4 nitrogen and oxygen atoms in total. The van der Waals surface area contributed by atoms with Gasteiger partial charge in [0, 0.05) is 41.8 Å². The Hall–Kier alpha value is -4.93. The fourth-order valence-electron chi connectivity index (χ4n) is 5.46. The van der Waals surface area contributed by atoms with Crippen LogP contribution in [-0.4, -0.2) is 11.5 Å². The van der Waals surface area contributed by atoms with Crippen molar-refractivity contribution in [3.63, 3.8) is 0 Å². The van der Waals surface area contributed by atoms with Gasteiger partial charge in [-0.3, -0.25) is 4.98 Å². The van der Waals surface area contributed by atoms with Crippen LogP contribution in [0.15, 0.2) is 126 Å². The summed E-state index contributed by atoms with van der Waals surface area (Å²) in [6, 6.07) is 32.1. The lowest BCUT2D eigenvalue weighted by Crippen LogP contribution is -2.08. The minimum Gasteiger partial charge on any atom is -0.455 e. The quantitative estimate of drug-likeness (QED) is 0.250. The summed E-state index contributed by atoms with van der Waals surface area (Å²) in [5.41, 5.74) is 18.2. The van der Waals surface area contributed by atoms with Crippen LogP contribution in [0, 0.1) is 0 Å². The second-order valence-corrected chi connectivity index (χ2v) is 9.79. The van der Waals surface area contributed by atoms with Gasteiger partial charge >= 0.3 is 0 Å². The Morgan fingerprint density at radius 2 is 1.44 bits per heavy atom. The van der Waals surface area contributed by atoms with E-state index in [2.05, 4.69) is 89.2 Å². The molecule has 39 heavy (non-hydrogen) atoms. The van der Waals surface area contributed by atoms with Crippen LogP contribution in [0.1, 0.15) is 11.1 Å². The van der Waals surface area contributed by atoms with E-state index in [0.29, 0.717) is 6.54 Å². The van der Waals surface area contributed by atoms with Gasteiger partial charge in [0.2, 0.25) is 0 Å². The van der Waals surface area contributed by atoms with Crippen molar-refractivity contribution < 1.29 is 4.42 Å². The van der Waals surface area contributed by atoms with Crippen molar-refractivity contribution >= 4 is 27.5 Å². The first-order chi connectivity index (χ1) is 19.3. The number of rotatable bonds is 5. The molecule has 0 saturated carbocycles. The van der Waals surface area contributed by atoms with E-state index in [0.717, 1.165) is 67.4 Å². The zero-order chi connectivity index (χ0) is 26.2. The minimum absolute atomic E-state index is 0.457. The lowest BCUT2D eigenvalue weighted by molar-refractivity contribution is 0.669. The maximum atomic E-state index is 6.50. The average molecular weight is 506 g/mol. The highest BCUT2D eigenvalue weighted by atomic mass is 16.3. The molecule has 0 unspecified atom stereocenters. The summed E-state index contributed by atoms with van der Waals surface area (Å²) >= 11 is 0. The summed E-state index contributed by atoms with van der Waals surface area (Å²) in [4.78, 5) is 4.14. The Kier molecular flexibility index (Phi) is 5.80. The molecule has 0 spiro atoms. The van der Waals surface area contributed by atoms with Crippen LogP contribution in [0.4, 0.5) is 0 Å². The van der Waals surface area contributed by atoms with Crippen LogP contribution in [0.25, 0.3) is 60.9 Å². The van der Waals surface area contributed by atoms with Crippen LogP contribution in [0.3, 0.4) is 0 Å². The summed E-state index contributed by atoms with van der Waals surface area (Å²) in [6.45, 7) is 1.31. The Balaban J connectivity index is 1.40. The number of hydrogen-bond donors (Lipinski definition) is 2. The van der Waals surface area contributed by atoms with Crippen LogP contribution in [0.2, 0.25) is 0 Å². The molecule has 7 rings (SSSR count). The molecule has 4 aromatic carbocycles. The van der Waals surface area contributed by atoms with E-state index in [1.807, 2.05) is 42.9 Å². The predicted molar refractivity (Wildman–Crippen MR) is 161 cm³/mol. The summed E-state index contributed by atoms with van der Waals surface area (Å²) in [7, 11) is 0. The van der Waals surface area contributed by atoms with Gasteiger partial charge in [0.05, 0.1) is 0 Å². The third kappa shape index (κ3) is 4.21. The van der Waals surface area contributed by atoms with E-state index in [-0.39, 0.29) is 0 Å². The molecule has 2 aromatic heterocycles. The normalized spacial score (nSPS) is 13.0. The van der Waals surface area contributed by atoms with E-state index < -0.39 is 0 Å². The van der Waals surface area contributed by atoms with Gasteiger partial charge in [-0.2, -0.15) is 0 Å². The van der Waals surface area contributed by atoms with Gasteiger partial charge in [-0.25, -0.2) is 0 Å². The maximum Gasteiger partial charge on any atom is 0.143 e. The zero-order valence-corrected chi connectivity index (χ0v) is 21.4. The van der Waals surface area contributed by atoms with E-state index >= 15 is 0 Å². The number of dihydropyridines is 1. The van der Waals surface area contributed by atoms with E-state index in [9.17, 15) is 0 Å². The highest BCUT2D eigenvalue weighted by molar-refractivity contribution is 6.12. The lowest BCUT2D eigenvalue weighted by atomic mass is 9.93. The molecular weight excluding hydrogens is 478 g/mol. The van der Waals surface area contributed by atoms with Crippen molar-refractivity contribution in [2.75, 3.05) is 6.54 Å². The molecule has 3 heterocycles. The fourth-order valence-corrected chi connectivity index (χ4v) is 5.46. The number of allylic oxidation sites excluding steroid dienone is 2. The molecular formula is C35H27N3O. The molecule has 188 valence electrons. The first kappa shape index (κ1) is 23.2. The molecule has 0 atom stereocenters. The number of aromatic nitrogens is 1. The average Bonchev–Trinajstić information content (AvgIpc) is 3.41. The minimum atomic E-state index is 0.457. The zero-order valence-electron chi connectivity index (χ0n) is 21.4. The second kappa shape index (κ2) is 9.75. The number of nitrogens with one attached hydrogen (secondary N) is 1. The lowest BCUT2D eigenvalue weighted by Gasteiger charge is -2.11. The highest BCUT2D eigenvalue weighted by Crippen LogP contribution is 2.41. The van der Waals surface area contributed by atoms with Crippen LogP contribution in [0.5, 0.6) is 0 Å². The molecule has 6 aromatic rings. The standard InChI is InChI=1S/C35H27N3O/c36-22-29-2-1-3-33-34(29)32-21-30(25-6-4-23(5-7-25)26-12-16-37-17-13-26)20-31(35(32)39-33)28-10-8-24(9-11-28)27-14-18-38-19-15-27/h1-16,18-21,37H,17,22,36H2. The third-order valence-corrected chi connectivity index (χ3v) is 7.48. The molecule has 3 N–H and O–H groups in total. The first-order valence-corrected chi connectivity index (χ1v) is 13.2. The molecule has 0 aliphatic carbocycles. The SMILES string of the molecule is NCc1cccc2oc3c(-c4ccc(-c5ccncc5)cc4)cc(-c4ccc(C5=CCNC=C5)cc4)cc3c12. The van der Waals surface area contributed by atoms with E-state index in [4.69, 9.17) is 10.2 Å². The molecule has 1 aliphatic heterocycles. The molecule has 0 saturated heterocycles. The van der Waals surface area contributed by atoms with Gasteiger partial charge < -0.3 is 15.5 Å². The number of furan rings is 1. The van der Waals surface area contributed by atoms with Crippen LogP contribution in [-0.2, 0) is 6.54 Å². The van der Waals surface area contributed by atoms with Crippen LogP contribution < -0.4 is 11.1 Å². The molecule has 1 aliphatic rings. The van der Waals surface area contributed by atoms with Crippen molar-refractivity contribution in [1.82, 2.24) is 10.3 Å². The highest BCUT2D eigenvalue weighted by Gasteiger charge is 2.17. The van der Waals surface area contributed by atoms with Crippen molar-refractivity contribution in [2.45, 2.75) is 6.54 Å².